The summed E-state index contributed by atoms with van der Waals surface area (Å²) < 4.78 is 0. The second-order valence-electron chi connectivity index (χ2n) is 4.54. The van der Waals surface area contributed by atoms with Gasteiger partial charge in [0.05, 0.1) is 5.92 Å². The molecule has 3 heteroatoms. The number of hydrogen-bond donors (Lipinski definition) is 2. The lowest BCUT2D eigenvalue weighted by Crippen LogP contribution is -2.19. The van der Waals surface area contributed by atoms with Crippen LogP contribution in [0.15, 0.2) is 18.2 Å². The number of benzene rings is 1. The van der Waals surface area contributed by atoms with Crippen LogP contribution in [-0.2, 0) is 11.2 Å². The minimum Gasteiger partial charge on any atom is -0.481 e. The van der Waals surface area contributed by atoms with Crippen LogP contribution in [0.25, 0.3) is 0 Å². The number of hydrogen-bond acceptors (Lipinski definition) is 2. The fourth-order valence-corrected chi connectivity index (χ4v) is 2.09. The van der Waals surface area contributed by atoms with E-state index in [0.29, 0.717) is 19.4 Å². The Kier molecular flexibility index (Phi) is 5.16. The molecule has 0 fully saturated rings. The first-order chi connectivity index (χ1) is 8.06. The highest BCUT2D eigenvalue weighted by Gasteiger charge is 2.19. The van der Waals surface area contributed by atoms with E-state index in [1.54, 1.807) is 0 Å². The minimum atomic E-state index is -0.721. The Bertz CT molecular complexity index is 368. The molecule has 0 aliphatic heterocycles. The van der Waals surface area contributed by atoms with E-state index < -0.39 is 5.97 Å². The molecule has 3 N–H and O–H groups in total. The molecular weight excluding hydrogens is 214 g/mol. The molecule has 0 radical (unpaired) electrons. The van der Waals surface area contributed by atoms with Gasteiger partial charge >= 0.3 is 5.97 Å². The summed E-state index contributed by atoms with van der Waals surface area (Å²) in [6, 6.07) is 6.07. The fraction of sp³-hybridized carbons (Fsp3) is 0.500. The zero-order valence-electron chi connectivity index (χ0n) is 10.6. The zero-order valence-corrected chi connectivity index (χ0v) is 10.6. The predicted octanol–water partition coefficient (Wildman–Crippen LogP) is 2.29. The highest BCUT2D eigenvalue weighted by atomic mass is 16.4. The van der Waals surface area contributed by atoms with Gasteiger partial charge in [0, 0.05) is 0 Å². The highest BCUT2D eigenvalue weighted by molar-refractivity contribution is 5.70. The molecule has 17 heavy (non-hydrogen) atoms. The quantitative estimate of drug-likeness (QED) is 0.795. The molecule has 1 atom stereocenters. The van der Waals surface area contributed by atoms with E-state index in [2.05, 4.69) is 0 Å². The number of carbonyl (C=O) groups is 1. The molecule has 0 bridgehead atoms. The summed E-state index contributed by atoms with van der Waals surface area (Å²) >= 11 is 0. The Labute approximate surface area is 103 Å². The third-order valence-electron chi connectivity index (χ3n) is 3.20. The van der Waals surface area contributed by atoms with Crippen LogP contribution in [0.2, 0.25) is 0 Å². The lowest BCUT2D eigenvalue weighted by atomic mass is 9.90. The largest absolute Gasteiger partial charge is 0.481 e. The van der Waals surface area contributed by atoms with E-state index in [-0.39, 0.29) is 5.92 Å². The molecule has 0 amide bonds. The topological polar surface area (TPSA) is 63.3 Å². The monoisotopic (exact) mass is 235 g/mol. The van der Waals surface area contributed by atoms with Crippen LogP contribution in [0.3, 0.4) is 0 Å². The molecule has 0 saturated heterocycles. The maximum atomic E-state index is 11.2. The fourth-order valence-electron chi connectivity index (χ4n) is 2.09. The number of carboxylic acids is 1. The van der Waals surface area contributed by atoms with Crippen LogP contribution in [0, 0.1) is 19.8 Å². The van der Waals surface area contributed by atoms with Gasteiger partial charge in [0.15, 0.2) is 0 Å². The standard InChI is InChI=1S/C14H21NO2/c1-10-5-3-6-11(2)13(10)9-12(14(16)17)7-4-8-15/h3,5-6,12H,4,7-9,15H2,1-2H3,(H,16,17). The van der Waals surface area contributed by atoms with Crippen LogP contribution in [0.4, 0.5) is 0 Å². The molecule has 0 aliphatic carbocycles. The maximum Gasteiger partial charge on any atom is 0.306 e. The normalized spacial score (nSPS) is 12.4. The first-order valence-electron chi connectivity index (χ1n) is 6.04. The highest BCUT2D eigenvalue weighted by Crippen LogP contribution is 2.20. The van der Waals surface area contributed by atoms with Gasteiger partial charge in [-0.2, -0.15) is 0 Å². The van der Waals surface area contributed by atoms with Crippen LogP contribution >= 0.6 is 0 Å². The molecule has 0 saturated carbocycles. The number of nitrogens with two attached hydrogens (primary N) is 1. The van der Waals surface area contributed by atoms with Crippen molar-refractivity contribution >= 4 is 5.97 Å². The summed E-state index contributed by atoms with van der Waals surface area (Å²) in [5.74, 6) is -1.04. The van der Waals surface area contributed by atoms with E-state index in [1.165, 1.54) is 11.1 Å². The average Bonchev–Trinajstić information content (AvgIpc) is 2.27. The maximum absolute atomic E-state index is 11.2. The number of aryl methyl sites for hydroxylation is 2. The third-order valence-corrected chi connectivity index (χ3v) is 3.20. The predicted molar refractivity (Wildman–Crippen MR) is 69.0 cm³/mol. The summed E-state index contributed by atoms with van der Waals surface area (Å²) in [6.07, 6.45) is 2.02. The van der Waals surface area contributed by atoms with Crippen molar-refractivity contribution in [3.05, 3.63) is 34.9 Å². The Morgan fingerprint density at radius 2 is 1.94 bits per heavy atom. The minimum absolute atomic E-state index is 0.321. The van der Waals surface area contributed by atoms with Crippen molar-refractivity contribution in [3.8, 4) is 0 Å². The average molecular weight is 235 g/mol. The lowest BCUT2D eigenvalue weighted by Gasteiger charge is -2.15. The Hall–Kier alpha value is -1.35. The molecule has 3 nitrogen and oxygen atoms in total. The van der Waals surface area contributed by atoms with Gasteiger partial charge in [-0.25, -0.2) is 0 Å². The van der Waals surface area contributed by atoms with Crippen LogP contribution < -0.4 is 5.73 Å². The van der Waals surface area contributed by atoms with Crippen LogP contribution in [0.1, 0.15) is 29.5 Å². The summed E-state index contributed by atoms with van der Waals surface area (Å²) in [5, 5.41) is 9.20. The van der Waals surface area contributed by atoms with Crippen molar-refractivity contribution in [3.63, 3.8) is 0 Å². The van der Waals surface area contributed by atoms with E-state index in [1.807, 2.05) is 32.0 Å². The molecule has 0 spiro atoms. The van der Waals surface area contributed by atoms with Gasteiger partial charge in [0.1, 0.15) is 0 Å². The SMILES string of the molecule is Cc1cccc(C)c1CC(CCCN)C(=O)O. The van der Waals surface area contributed by atoms with Crippen molar-refractivity contribution in [2.75, 3.05) is 6.54 Å². The van der Waals surface area contributed by atoms with Crippen LogP contribution in [-0.4, -0.2) is 17.6 Å². The van der Waals surface area contributed by atoms with E-state index in [9.17, 15) is 9.90 Å². The Balaban J connectivity index is 2.82. The van der Waals surface area contributed by atoms with Gasteiger partial charge in [-0.3, -0.25) is 4.79 Å². The van der Waals surface area contributed by atoms with Crippen molar-refractivity contribution in [1.82, 2.24) is 0 Å². The summed E-state index contributed by atoms with van der Waals surface area (Å²) in [4.78, 5) is 11.2. The smallest absolute Gasteiger partial charge is 0.306 e. The van der Waals surface area contributed by atoms with E-state index >= 15 is 0 Å². The first-order valence-corrected chi connectivity index (χ1v) is 6.04. The third kappa shape index (κ3) is 3.86. The second kappa shape index (κ2) is 6.40. The Morgan fingerprint density at radius 3 is 2.41 bits per heavy atom. The van der Waals surface area contributed by atoms with Gasteiger partial charge in [-0.15, -0.1) is 0 Å². The molecule has 94 valence electrons. The van der Waals surface area contributed by atoms with Crippen molar-refractivity contribution < 1.29 is 9.90 Å². The van der Waals surface area contributed by atoms with Crippen molar-refractivity contribution in [2.45, 2.75) is 33.1 Å². The summed E-state index contributed by atoms with van der Waals surface area (Å²) in [7, 11) is 0. The number of rotatable bonds is 6. The van der Waals surface area contributed by atoms with Gasteiger partial charge in [0.25, 0.3) is 0 Å². The van der Waals surface area contributed by atoms with E-state index in [0.717, 1.165) is 12.0 Å². The van der Waals surface area contributed by atoms with Gasteiger partial charge in [0.2, 0.25) is 0 Å². The molecule has 1 aromatic rings. The van der Waals surface area contributed by atoms with E-state index in [4.69, 9.17) is 5.73 Å². The number of aliphatic carboxylic acids is 1. The van der Waals surface area contributed by atoms with Gasteiger partial charge in [-0.1, -0.05) is 18.2 Å². The van der Waals surface area contributed by atoms with Crippen molar-refractivity contribution in [2.24, 2.45) is 11.7 Å². The lowest BCUT2D eigenvalue weighted by molar-refractivity contribution is -0.141. The zero-order chi connectivity index (χ0) is 12.8. The molecule has 1 rings (SSSR count). The van der Waals surface area contributed by atoms with Gasteiger partial charge in [-0.05, 0) is 56.3 Å². The molecule has 0 heterocycles. The number of carboxylic acid groups (broad SMARTS) is 1. The van der Waals surface area contributed by atoms with Gasteiger partial charge < -0.3 is 10.8 Å². The van der Waals surface area contributed by atoms with Crippen LogP contribution in [0.5, 0.6) is 0 Å². The molecule has 0 aromatic heterocycles. The summed E-state index contributed by atoms with van der Waals surface area (Å²) in [5.41, 5.74) is 8.94. The Morgan fingerprint density at radius 1 is 1.35 bits per heavy atom. The molecule has 1 aromatic carbocycles. The molecule has 1 unspecified atom stereocenters. The molecule has 0 aliphatic rings. The molecular formula is C14H21NO2. The van der Waals surface area contributed by atoms with Crippen molar-refractivity contribution in [1.29, 1.82) is 0 Å². The first kappa shape index (κ1) is 13.7. The summed E-state index contributed by atoms with van der Waals surface area (Å²) in [6.45, 7) is 4.62. The second-order valence-corrected chi connectivity index (χ2v) is 4.54.